The molecule has 1 aromatic heterocycles. The maximum Gasteiger partial charge on any atom is 0.250 e. The molecule has 4 heteroatoms. The van der Waals surface area contributed by atoms with Crippen LogP contribution in [-0.2, 0) is 6.54 Å². The number of nitrogen functional groups attached to an aromatic ring is 1. The third-order valence-corrected chi connectivity index (χ3v) is 4.31. The minimum atomic E-state index is 0.0511. The van der Waals surface area contributed by atoms with Crippen LogP contribution in [0.4, 0.5) is 5.69 Å². The van der Waals surface area contributed by atoms with E-state index in [1.165, 1.54) is 38.8 Å². The van der Waals surface area contributed by atoms with Crippen LogP contribution >= 0.6 is 0 Å². The van der Waals surface area contributed by atoms with E-state index in [9.17, 15) is 4.79 Å². The van der Waals surface area contributed by atoms with Gasteiger partial charge in [0.25, 0.3) is 5.56 Å². The van der Waals surface area contributed by atoms with E-state index in [-0.39, 0.29) is 5.56 Å². The summed E-state index contributed by atoms with van der Waals surface area (Å²) in [5, 5.41) is 0. The molecule has 1 heterocycles. The third kappa shape index (κ3) is 4.10. The van der Waals surface area contributed by atoms with Crippen LogP contribution in [0.25, 0.3) is 0 Å². The molecule has 2 aliphatic carbocycles. The van der Waals surface area contributed by atoms with Crippen molar-refractivity contribution in [2.24, 2.45) is 11.8 Å². The summed E-state index contributed by atoms with van der Waals surface area (Å²) in [7, 11) is 0. The van der Waals surface area contributed by atoms with Gasteiger partial charge in [-0.2, -0.15) is 0 Å². The number of nitrogens with zero attached hydrogens (tertiary/aromatic N) is 2. The zero-order valence-corrected chi connectivity index (χ0v) is 12.1. The predicted octanol–water partition coefficient (Wildman–Crippen LogP) is 1.94. The molecule has 0 unspecified atom stereocenters. The average Bonchev–Trinajstić information content (AvgIpc) is 3.29. The summed E-state index contributed by atoms with van der Waals surface area (Å²) in [6.07, 6.45) is 8.44. The molecule has 0 saturated heterocycles. The highest BCUT2D eigenvalue weighted by Crippen LogP contribution is 2.33. The zero-order chi connectivity index (χ0) is 13.9. The van der Waals surface area contributed by atoms with Crippen molar-refractivity contribution in [2.75, 3.05) is 25.4 Å². The van der Waals surface area contributed by atoms with Crippen molar-refractivity contribution in [1.82, 2.24) is 9.47 Å². The molecule has 0 aliphatic heterocycles. The van der Waals surface area contributed by atoms with Gasteiger partial charge in [-0.25, -0.2) is 0 Å². The lowest BCUT2D eigenvalue weighted by atomic mass is 10.2. The van der Waals surface area contributed by atoms with E-state index in [1.807, 2.05) is 0 Å². The molecule has 0 amide bonds. The maximum atomic E-state index is 11.7. The van der Waals surface area contributed by atoms with Crippen LogP contribution in [0.1, 0.15) is 32.1 Å². The van der Waals surface area contributed by atoms with E-state index in [0.29, 0.717) is 5.69 Å². The summed E-state index contributed by atoms with van der Waals surface area (Å²) in [5.74, 6) is 1.90. The minimum absolute atomic E-state index is 0.0511. The first-order chi connectivity index (χ1) is 9.70. The summed E-state index contributed by atoms with van der Waals surface area (Å²) >= 11 is 0. The molecule has 110 valence electrons. The average molecular weight is 275 g/mol. The van der Waals surface area contributed by atoms with Gasteiger partial charge in [0.1, 0.15) is 0 Å². The molecule has 0 spiro atoms. The first kappa shape index (κ1) is 13.7. The standard InChI is InChI=1S/C16H25N3O/c17-15-6-7-16(20)19(12-15)9-1-8-18(10-13-2-3-13)11-14-4-5-14/h6-7,12-14H,1-5,8-11,17H2. The Morgan fingerprint density at radius 3 is 2.40 bits per heavy atom. The van der Waals surface area contributed by atoms with Crippen molar-refractivity contribution < 1.29 is 0 Å². The van der Waals surface area contributed by atoms with Gasteiger partial charge in [-0.3, -0.25) is 4.79 Å². The van der Waals surface area contributed by atoms with E-state index in [0.717, 1.165) is 31.3 Å². The van der Waals surface area contributed by atoms with Crippen LogP contribution in [0.15, 0.2) is 23.1 Å². The molecule has 0 radical (unpaired) electrons. The molecule has 0 aromatic carbocycles. The SMILES string of the molecule is Nc1ccc(=O)n(CCCN(CC2CC2)CC2CC2)c1. The monoisotopic (exact) mass is 275 g/mol. The van der Waals surface area contributed by atoms with Gasteiger partial charge >= 0.3 is 0 Å². The Balaban J connectivity index is 1.48. The van der Waals surface area contributed by atoms with E-state index in [2.05, 4.69) is 4.90 Å². The van der Waals surface area contributed by atoms with Gasteiger partial charge in [0.05, 0.1) is 0 Å². The summed E-state index contributed by atoms with van der Waals surface area (Å²) in [6.45, 7) is 4.41. The largest absolute Gasteiger partial charge is 0.398 e. The Hall–Kier alpha value is -1.29. The fourth-order valence-electron chi connectivity index (χ4n) is 2.78. The zero-order valence-electron chi connectivity index (χ0n) is 12.1. The lowest BCUT2D eigenvalue weighted by molar-refractivity contribution is 0.245. The number of hydrogen-bond acceptors (Lipinski definition) is 3. The molecule has 1 aromatic rings. The van der Waals surface area contributed by atoms with Gasteiger partial charge in [0.2, 0.25) is 0 Å². The van der Waals surface area contributed by atoms with E-state index >= 15 is 0 Å². The van der Waals surface area contributed by atoms with Crippen LogP contribution in [0.3, 0.4) is 0 Å². The maximum absolute atomic E-state index is 11.7. The lowest BCUT2D eigenvalue weighted by Gasteiger charge is -2.22. The van der Waals surface area contributed by atoms with Crippen molar-refractivity contribution in [3.05, 3.63) is 28.7 Å². The topological polar surface area (TPSA) is 51.3 Å². The van der Waals surface area contributed by atoms with Crippen LogP contribution in [0.5, 0.6) is 0 Å². The number of anilines is 1. The van der Waals surface area contributed by atoms with Crippen molar-refractivity contribution in [3.63, 3.8) is 0 Å². The second-order valence-corrected chi connectivity index (χ2v) is 6.49. The number of aryl methyl sites for hydroxylation is 1. The Morgan fingerprint density at radius 1 is 1.15 bits per heavy atom. The smallest absolute Gasteiger partial charge is 0.250 e. The second-order valence-electron chi connectivity index (χ2n) is 6.49. The highest BCUT2D eigenvalue weighted by molar-refractivity contribution is 5.33. The van der Waals surface area contributed by atoms with E-state index in [1.54, 1.807) is 22.9 Å². The highest BCUT2D eigenvalue weighted by Gasteiger charge is 2.28. The third-order valence-electron chi connectivity index (χ3n) is 4.31. The molecular weight excluding hydrogens is 250 g/mol. The molecule has 2 aliphatic rings. The van der Waals surface area contributed by atoms with Crippen LogP contribution in [0.2, 0.25) is 0 Å². The Bertz CT molecular complexity index is 489. The Labute approximate surface area is 120 Å². The van der Waals surface area contributed by atoms with Crippen LogP contribution in [-0.4, -0.2) is 29.1 Å². The van der Waals surface area contributed by atoms with Gasteiger partial charge < -0.3 is 15.2 Å². The highest BCUT2D eigenvalue weighted by atomic mass is 16.1. The van der Waals surface area contributed by atoms with Crippen molar-refractivity contribution in [1.29, 1.82) is 0 Å². The van der Waals surface area contributed by atoms with Gasteiger partial charge in [-0.05, 0) is 56.6 Å². The molecule has 0 atom stereocenters. The van der Waals surface area contributed by atoms with Gasteiger partial charge in [0.15, 0.2) is 0 Å². The molecule has 3 rings (SSSR count). The first-order valence-electron chi connectivity index (χ1n) is 7.89. The fraction of sp³-hybridized carbons (Fsp3) is 0.688. The van der Waals surface area contributed by atoms with Gasteiger partial charge in [-0.15, -0.1) is 0 Å². The van der Waals surface area contributed by atoms with Crippen molar-refractivity contribution >= 4 is 5.69 Å². The Kier molecular flexibility index (Phi) is 4.10. The molecule has 4 nitrogen and oxygen atoms in total. The normalized spacial score (nSPS) is 18.6. The second kappa shape index (κ2) is 6.00. The van der Waals surface area contributed by atoms with E-state index in [4.69, 9.17) is 5.73 Å². The van der Waals surface area contributed by atoms with E-state index < -0.39 is 0 Å². The molecule has 0 bridgehead atoms. The summed E-state index contributed by atoms with van der Waals surface area (Å²) in [6, 6.07) is 3.23. The quantitative estimate of drug-likeness (QED) is 0.789. The van der Waals surface area contributed by atoms with Crippen LogP contribution < -0.4 is 11.3 Å². The van der Waals surface area contributed by atoms with Crippen molar-refractivity contribution in [2.45, 2.75) is 38.6 Å². The van der Waals surface area contributed by atoms with Gasteiger partial charge in [-0.1, -0.05) is 0 Å². The number of nitrogens with two attached hydrogens (primary N) is 1. The summed E-state index contributed by atoms with van der Waals surface area (Å²) in [4.78, 5) is 14.3. The number of hydrogen-bond donors (Lipinski definition) is 1. The predicted molar refractivity (Wildman–Crippen MR) is 81.6 cm³/mol. The molecule has 2 N–H and O–H groups in total. The lowest BCUT2D eigenvalue weighted by Crippen LogP contribution is -2.30. The molecule has 2 saturated carbocycles. The number of pyridine rings is 1. The minimum Gasteiger partial charge on any atom is -0.398 e. The number of rotatable bonds is 8. The first-order valence-corrected chi connectivity index (χ1v) is 7.89. The number of aromatic nitrogens is 1. The Morgan fingerprint density at radius 2 is 1.80 bits per heavy atom. The van der Waals surface area contributed by atoms with Gasteiger partial charge in [0, 0.05) is 37.6 Å². The summed E-state index contributed by atoms with van der Waals surface area (Å²) < 4.78 is 1.74. The summed E-state index contributed by atoms with van der Waals surface area (Å²) in [5.41, 5.74) is 6.45. The molecular formula is C16H25N3O. The van der Waals surface area contributed by atoms with Crippen LogP contribution in [0, 0.1) is 11.8 Å². The fourth-order valence-corrected chi connectivity index (χ4v) is 2.78. The van der Waals surface area contributed by atoms with Crippen molar-refractivity contribution in [3.8, 4) is 0 Å². The molecule has 20 heavy (non-hydrogen) atoms. The molecule has 2 fully saturated rings.